The molecule has 11 aromatic rings. The van der Waals surface area contributed by atoms with E-state index in [1.54, 1.807) is 0 Å². The highest BCUT2D eigenvalue weighted by Gasteiger charge is 2.46. The van der Waals surface area contributed by atoms with Gasteiger partial charge in [0.25, 0.3) is 0 Å². The number of benzene rings is 8. The molecule has 0 unspecified atom stereocenters. The van der Waals surface area contributed by atoms with E-state index in [-0.39, 0.29) is 0 Å². The summed E-state index contributed by atoms with van der Waals surface area (Å²) in [5.41, 5.74) is 17.4. The number of hydrogen-bond donors (Lipinski definition) is 0. The predicted molar refractivity (Wildman–Crippen MR) is 254 cm³/mol. The summed E-state index contributed by atoms with van der Waals surface area (Å²) >= 11 is 0. The van der Waals surface area contributed by atoms with Crippen molar-refractivity contribution in [3.63, 3.8) is 0 Å². The van der Waals surface area contributed by atoms with Gasteiger partial charge in [-0.15, -0.1) is 0 Å². The number of para-hydroxylation sites is 4. The van der Waals surface area contributed by atoms with E-state index >= 15 is 0 Å². The minimum absolute atomic E-state index is 0.563. The zero-order valence-corrected chi connectivity index (χ0v) is 34.3. The number of fused-ring (bicyclic) bond motifs is 9. The molecule has 1 aliphatic rings. The monoisotopic (exact) mass is 781 g/mol. The SMILES string of the molecule is CC(C)Cc1ccc(C2(c3cncc(-c4cc(-n5c6ccccc6c6ccccc65)cc(-n5c6ccccc6c6ccccc65)c4)c3)c3ccccc3-c3ccccc32)cc1. The lowest BCUT2D eigenvalue weighted by atomic mass is 9.67. The van der Waals surface area contributed by atoms with Crippen LogP contribution >= 0.6 is 0 Å². The van der Waals surface area contributed by atoms with Crippen molar-refractivity contribution in [2.75, 3.05) is 0 Å². The van der Waals surface area contributed by atoms with E-state index in [0.717, 1.165) is 34.5 Å². The minimum Gasteiger partial charge on any atom is -0.309 e. The Morgan fingerprint density at radius 3 is 1.34 bits per heavy atom. The van der Waals surface area contributed by atoms with Gasteiger partial charge in [-0.05, 0) is 105 Å². The maximum atomic E-state index is 5.15. The predicted octanol–water partition coefficient (Wildman–Crippen LogP) is 14.5. The molecule has 3 nitrogen and oxygen atoms in total. The van der Waals surface area contributed by atoms with Gasteiger partial charge in [0.1, 0.15) is 0 Å². The van der Waals surface area contributed by atoms with E-state index in [2.05, 4.69) is 229 Å². The van der Waals surface area contributed by atoms with Crippen LogP contribution < -0.4 is 0 Å². The molecule has 0 N–H and O–H groups in total. The van der Waals surface area contributed by atoms with Crippen molar-refractivity contribution >= 4 is 43.6 Å². The van der Waals surface area contributed by atoms with Crippen LogP contribution in [0.4, 0.5) is 0 Å². The second kappa shape index (κ2) is 13.8. The van der Waals surface area contributed by atoms with E-state index in [9.17, 15) is 0 Å². The molecular formula is C58H43N3. The van der Waals surface area contributed by atoms with E-state index in [4.69, 9.17) is 4.98 Å². The Kier molecular flexibility index (Phi) is 8.02. The van der Waals surface area contributed by atoms with Crippen molar-refractivity contribution < 1.29 is 0 Å². The standard InChI is InChI=1S/C58H43N3/c1-38(2)31-39-27-29-42(30-28-39)58(52-21-9-3-15-46(52)47-16-4-10-22-53(47)58)43-32-41(36-59-37-43)40-33-44(60-54-23-11-5-17-48(54)49-18-6-12-24-55(49)60)35-45(34-40)61-56-25-13-7-19-50(56)51-20-8-14-26-57(51)61/h3-30,32-38H,31H2,1-2H3. The number of pyridine rings is 1. The van der Waals surface area contributed by atoms with Gasteiger partial charge in [0.15, 0.2) is 0 Å². The van der Waals surface area contributed by atoms with Crippen LogP contribution in [0.1, 0.15) is 41.7 Å². The molecule has 8 aromatic carbocycles. The smallest absolute Gasteiger partial charge is 0.0728 e. The van der Waals surface area contributed by atoms with Crippen LogP contribution in [0.2, 0.25) is 0 Å². The van der Waals surface area contributed by atoms with Crippen molar-refractivity contribution in [1.29, 1.82) is 0 Å². The summed E-state index contributed by atoms with van der Waals surface area (Å²) < 4.78 is 4.87. The second-order valence-corrected chi connectivity index (χ2v) is 17.1. The summed E-state index contributed by atoms with van der Waals surface area (Å²) in [6, 6.07) is 72.0. The normalized spacial score (nSPS) is 13.1. The van der Waals surface area contributed by atoms with Crippen molar-refractivity contribution in [3.8, 4) is 33.6 Å². The molecule has 0 atom stereocenters. The van der Waals surface area contributed by atoms with Crippen LogP contribution in [0.25, 0.3) is 77.2 Å². The second-order valence-electron chi connectivity index (χ2n) is 17.1. The highest BCUT2D eigenvalue weighted by Crippen LogP contribution is 2.56. The summed E-state index contributed by atoms with van der Waals surface area (Å²) in [6.07, 6.45) is 5.21. The number of aromatic nitrogens is 3. The first-order valence-electron chi connectivity index (χ1n) is 21.4. The molecule has 12 rings (SSSR count). The fourth-order valence-electron chi connectivity index (χ4n) is 10.6. The van der Waals surface area contributed by atoms with Crippen LogP contribution in [0.15, 0.2) is 207 Å². The van der Waals surface area contributed by atoms with Crippen molar-refractivity contribution in [3.05, 3.63) is 234 Å². The molecule has 0 aliphatic heterocycles. The van der Waals surface area contributed by atoms with Gasteiger partial charge in [-0.3, -0.25) is 4.98 Å². The van der Waals surface area contributed by atoms with Crippen molar-refractivity contribution in [1.82, 2.24) is 14.1 Å². The highest BCUT2D eigenvalue weighted by molar-refractivity contribution is 6.10. The Balaban J connectivity index is 1.14. The van der Waals surface area contributed by atoms with E-state index in [1.807, 2.05) is 0 Å². The summed E-state index contributed by atoms with van der Waals surface area (Å²) in [5.74, 6) is 0.583. The Hall–Kier alpha value is -7.49. The van der Waals surface area contributed by atoms with Crippen LogP contribution in [-0.4, -0.2) is 14.1 Å². The first kappa shape index (κ1) is 35.5. The number of rotatable bonds is 7. The minimum atomic E-state index is -0.563. The van der Waals surface area contributed by atoms with Gasteiger partial charge in [-0.25, -0.2) is 0 Å². The average molecular weight is 782 g/mol. The van der Waals surface area contributed by atoms with Crippen molar-refractivity contribution in [2.24, 2.45) is 5.92 Å². The third-order valence-corrected chi connectivity index (χ3v) is 13.1. The summed E-state index contributed by atoms with van der Waals surface area (Å²) in [5, 5.41) is 4.96. The molecule has 0 fully saturated rings. The number of hydrogen-bond acceptors (Lipinski definition) is 1. The molecule has 1 aliphatic carbocycles. The Morgan fingerprint density at radius 1 is 0.426 bits per heavy atom. The molecule has 0 saturated heterocycles. The van der Waals surface area contributed by atoms with E-state index in [1.165, 1.54) is 77.0 Å². The summed E-state index contributed by atoms with van der Waals surface area (Å²) in [6.45, 7) is 4.58. The molecular weight excluding hydrogens is 739 g/mol. The lowest BCUT2D eigenvalue weighted by Gasteiger charge is -2.34. The highest BCUT2D eigenvalue weighted by atomic mass is 15.0. The molecule has 0 amide bonds. The Labute approximate surface area is 355 Å². The lowest BCUT2D eigenvalue weighted by molar-refractivity contribution is 0.646. The third-order valence-electron chi connectivity index (χ3n) is 13.1. The maximum absolute atomic E-state index is 5.15. The summed E-state index contributed by atoms with van der Waals surface area (Å²) in [7, 11) is 0. The maximum Gasteiger partial charge on any atom is 0.0728 e. The van der Waals surface area contributed by atoms with Crippen LogP contribution in [0, 0.1) is 5.92 Å². The molecule has 0 bridgehead atoms. The molecule has 61 heavy (non-hydrogen) atoms. The van der Waals surface area contributed by atoms with Gasteiger partial charge in [0, 0.05) is 50.9 Å². The Bertz CT molecular complexity index is 3210. The average Bonchev–Trinajstić information content (AvgIpc) is 3.94. The quantitative estimate of drug-likeness (QED) is 0.158. The fraction of sp³-hybridized carbons (Fsp3) is 0.0862. The van der Waals surface area contributed by atoms with Gasteiger partial charge in [0.2, 0.25) is 0 Å². The molecule has 0 saturated carbocycles. The van der Waals surface area contributed by atoms with Crippen LogP contribution in [0.3, 0.4) is 0 Å². The molecule has 0 radical (unpaired) electrons. The van der Waals surface area contributed by atoms with Crippen LogP contribution in [0.5, 0.6) is 0 Å². The lowest BCUT2D eigenvalue weighted by Crippen LogP contribution is -2.29. The Morgan fingerprint density at radius 2 is 0.869 bits per heavy atom. The largest absolute Gasteiger partial charge is 0.309 e. The van der Waals surface area contributed by atoms with Gasteiger partial charge >= 0.3 is 0 Å². The van der Waals surface area contributed by atoms with Gasteiger partial charge in [-0.2, -0.15) is 0 Å². The first-order valence-corrected chi connectivity index (χ1v) is 21.4. The molecule has 3 heteroatoms. The summed E-state index contributed by atoms with van der Waals surface area (Å²) in [4.78, 5) is 5.15. The zero-order chi connectivity index (χ0) is 40.7. The topological polar surface area (TPSA) is 22.8 Å². The molecule has 0 spiro atoms. The van der Waals surface area contributed by atoms with Gasteiger partial charge < -0.3 is 9.13 Å². The molecule has 3 heterocycles. The first-order chi connectivity index (χ1) is 30.1. The van der Waals surface area contributed by atoms with Crippen molar-refractivity contribution in [2.45, 2.75) is 25.7 Å². The number of nitrogens with zero attached hydrogens (tertiary/aromatic N) is 3. The zero-order valence-electron chi connectivity index (χ0n) is 34.3. The van der Waals surface area contributed by atoms with E-state index in [0.29, 0.717) is 5.92 Å². The van der Waals surface area contributed by atoms with E-state index < -0.39 is 5.41 Å². The third kappa shape index (κ3) is 5.33. The molecule has 290 valence electrons. The molecule has 3 aromatic heterocycles. The fourth-order valence-corrected chi connectivity index (χ4v) is 10.6. The van der Waals surface area contributed by atoms with Gasteiger partial charge in [-0.1, -0.05) is 159 Å². The van der Waals surface area contributed by atoms with Gasteiger partial charge in [0.05, 0.1) is 27.5 Å². The van der Waals surface area contributed by atoms with Crippen LogP contribution in [-0.2, 0) is 11.8 Å².